The molecule has 0 bridgehead atoms. The largest absolute Gasteiger partial charge is 0.282 e. The van der Waals surface area contributed by atoms with Crippen molar-refractivity contribution in [2.75, 3.05) is 0 Å². The van der Waals surface area contributed by atoms with E-state index in [1.165, 1.54) is 0 Å². The fraction of sp³-hybridized carbons (Fsp3) is 0.769. The molecule has 1 aromatic heterocycles. The molecule has 17 heavy (non-hydrogen) atoms. The molecule has 0 aliphatic rings. The lowest BCUT2D eigenvalue weighted by molar-refractivity contribution is 0.143. The third-order valence-corrected chi connectivity index (χ3v) is 2.74. The van der Waals surface area contributed by atoms with Crippen LogP contribution in [-0.4, -0.2) is 9.78 Å². The molecule has 1 rings (SSSR count). The van der Waals surface area contributed by atoms with Gasteiger partial charge in [-0.2, -0.15) is 5.10 Å². The van der Waals surface area contributed by atoms with Gasteiger partial charge in [-0.3, -0.25) is 4.68 Å². The Balaban J connectivity index is 3.61. The van der Waals surface area contributed by atoms with Crippen LogP contribution in [0.2, 0.25) is 0 Å². The maximum atomic E-state index is 13.1. The Morgan fingerprint density at radius 2 is 1.47 bits per heavy atom. The minimum absolute atomic E-state index is 0.0788. The second kappa shape index (κ2) is 4.07. The highest BCUT2D eigenvalue weighted by molar-refractivity contribution is 5.37. The molecule has 98 valence electrons. The van der Waals surface area contributed by atoms with Crippen LogP contribution >= 0.6 is 0 Å². The average molecular weight is 244 g/mol. The Hall–Kier alpha value is -0.930. The predicted molar refractivity (Wildman–Crippen MR) is 65.6 cm³/mol. The number of nitrogens with zero attached hydrogens (tertiary/aromatic N) is 2. The lowest BCUT2D eigenvalue weighted by atomic mass is 9.78. The first kappa shape index (κ1) is 14.1. The van der Waals surface area contributed by atoms with Crippen LogP contribution in [0.25, 0.3) is 0 Å². The number of hydrogen-bond donors (Lipinski definition) is 0. The van der Waals surface area contributed by atoms with Crippen LogP contribution < -0.4 is 0 Å². The Kier molecular flexibility index (Phi) is 3.38. The number of aromatic nitrogens is 2. The zero-order valence-electron chi connectivity index (χ0n) is 11.7. The monoisotopic (exact) mass is 244 g/mol. The van der Waals surface area contributed by atoms with Crippen LogP contribution in [0.5, 0.6) is 0 Å². The van der Waals surface area contributed by atoms with Crippen molar-refractivity contribution >= 4 is 0 Å². The molecule has 0 radical (unpaired) electrons. The van der Waals surface area contributed by atoms with E-state index in [1.807, 2.05) is 41.5 Å². The molecule has 2 nitrogen and oxygen atoms in total. The van der Waals surface area contributed by atoms with Crippen molar-refractivity contribution in [1.29, 1.82) is 0 Å². The summed E-state index contributed by atoms with van der Waals surface area (Å²) in [5.41, 5.74) is 0.966. The van der Waals surface area contributed by atoms with E-state index in [2.05, 4.69) is 5.10 Å². The summed E-state index contributed by atoms with van der Waals surface area (Å²) in [6.45, 7) is 11.9. The molecular formula is C13H22F2N2. The fourth-order valence-corrected chi connectivity index (χ4v) is 2.30. The van der Waals surface area contributed by atoms with Gasteiger partial charge in [-0.15, -0.1) is 0 Å². The van der Waals surface area contributed by atoms with Crippen LogP contribution in [0.4, 0.5) is 8.78 Å². The van der Waals surface area contributed by atoms with E-state index >= 15 is 0 Å². The summed E-state index contributed by atoms with van der Waals surface area (Å²) in [7, 11) is 1.74. The molecule has 0 aromatic carbocycles. The van der Waals surface area contributed by atoms with Crippen LogP contribution in [0, 0.1) is 0 Å². The topological polar surface area (TPSA) is 17.8 Å². The van der Waals surface area contributed by atoms with E-state index in [1.54, 1.807) is 11.7 Å². The van der Waals surface area contributed by atoms with Crippen molar-refractivity contribution in [3.63, 3.8) is 0 Å². The maximum Gasteiger partial charge on any atom is 0.282 e. The lowest BCUT2D eigenvalue weighted by Crippen LogP contribution is -2.24. The van der Waals surface area contributed by atoms with Gasteiger partial charge >= 0.3 is 0 Å². The van der Waals surface area contributed by atoms with Gasteiger partial charge in [-0.25, -0.2) is 8.78 Å². The van der Waals surface area contributed by atoms with Crippen LogP contribution in [0.1, 0.15) is 64.9 Å². The Labute approximate surface area is 102 Å². The molecule has 1 aromatic rings. The summed E-state index contributed by atoms with van der Waals surface area (Å²) in [5.74, 6) is 0. The van der Waals surface area contributed by atoms with Gasteiger partial charge in [0.05, 0.1) is 0 Å². The van der Waals surface area contributed by atoms with Crippen molar-refractivity contribution in [2.24, 2.45) is 7.05 Å². The minimum Gasteiger partial charge on any atom is -0.271 e. The zero-order chi connectivity index (χ0) is 13.6. The van der Waals surface area contributed by atoms with Crippen molar-refractivity contribution in [3.8, 4) is 0 Å². The molecule has 0 aliphatic carbocycles. The average Bonchev–Trinajstić information content (AvgIpc) is 2.40. The van der Waals surface area contributed by atoms with Crippen LogP contribution in [0.15, 0.2) is 0 Å². The highest BCUT2D eigenvalue weighted by Gasteiger charge is 2.35. The molecule has 0 amide bonds. The summed E-state index contributed by atoms with van der Waals surface area (Å²) in [6, 6.07) is 0. The number of rotatable bonds is 1. The summed E-state index contributed by atoms with van der Waals surface area (Å²) in [5, 5.41) is 4.01. The van der Waals surface area contributed by atoms with Gasteiger partial charge in [0.1, 0.15) is 5.69 Å². The molecule has 0 atom stereocenters. The van der Waals surface area contributed by atoms with Crippen molar-refractivity contribution in [1.82, 2.24) is 9.78 Å². The second-order valence-electron chi connectivity index (χ2n) is 6.53. The molecule has 0 saturated carbocycles. The Morgan fingerprint density at radius 1 is 1.00 bits per heavy atom. The number of halogens is 2. The van der Waals surface area contributed by atoms with Crippen LogP contribution in [-0.2, 0) is 17.9 Å². The number of aryl methyl sites for hydroxylation is 1. The maximum absolute atomic E-state index is 13.1. The number of alkyl halides is 2. The van der Waals surface area contributed by atoms with E-state index in [4.69, 9.17) is 0 Å². The summed E-state index contributed by atoms with van der Waals surface area (Å²) in [6.07, 6.45) is -2.52. The molecule has 0 spiro atoms. The predicted octanol–water partition coefficient (Wildman–Crippen LogP) is 3.95. The first-order chi connectivity index (χ1) is 7.46. The van der Waals surface area contributed by atoms with Gasteiger partial charge in [-0.05, 0) is 5.41 Å². The highest BCUT2D eigenvalue weighted by atomic mass is 19.3. The zero-order valence-corrected chi connectivity index (χ0v) is 11.7. The molecule has 0 N–H and O–H groups in total. The van der Waals surface area contributed by atoms with Gasteiger partial charge in [0.2, 0.25) is 0 Å². The van der Waals surface area contributed by atoms with Gasteiger partial charge in [-0.1, -0.05) is 41.5 Å². The minimum atomic E-state index is -2.52. The van der Waals surface area contributed by atoms with E-state index in [0.29, 0.717) is 5.56 Å². The normalized spacial score (nSPS) is 13.5. The molecule has 0 unspecified atom stereocenters. The quantitative estimate of drug-likeness (QED) is 0.731. The van der Waals surface area contributed by atoms with E-state index in [0.717, 1.165) is 5.69 Å². The second-order valence-corrected chi connectivity index (χ2v) is 6.53. The van der Waals surface area contributed by atoms with Crippen molar-refractivity contribution < 1.29 is 8.78 Å². The smallest absolute Gasteiger partial charge is 0.271 e. The molecule has 4 heteroatoms. The molecule has 0 fully saturated rings. The number of hydrogen-bond acceptors (Lipinski definition) is 1. The summed E-state index contributed by atoms with van der Waals surface area (Å²) in [4.78, 5) is 0. The fourth-order valence-electron chi connectivity index (χ4n) is 2.30. The third kappa shape index (κ3) is 2.67. The van der Waals surface area contributed by atoms with E-state index < -0.39 is 6.43 Å². The molecule has 0 saturated heterocycles. The molecule has 1 heterocycles. The highest BCUT2D eigenvalue weighted by Crippen LogP contribution is 2.39. The SMILES string of the molecule is Cn1nc(C(F)F)c(C(C)(C)C)c1C(C)(C)C. The van der Waals surface area contributed by atoms with Gasteiger partial charge in [0, 0.05) is 23.7 Å². The Morgan fingerprint density at radius 3 is 1.76 bits per heavy atom. The summed E-state index contributed by atoms with van der Waals surface area (Å²) < 4.78 is 27.7. The van der Waals surface area contributed by atoms with Gasteiger partial charge in [0.15, 0.2) is 0 Å². The van der Waals surface area contributed by atoms with Gasteiger partial charge < -0.3 is 0 Å². The molecular weight excluding hydrogens is 222 g/mol. The Bertz CT molecular complexity index is 406. The first-order valence-corrected chi connectivity index (χ1v) is 5.82. The third-order valence-electron chi connectivity index (χ3n) is 2.74. The lowest BCUT2D eigenvalue weighted by Gasteiger charge is -2.27. The first-order valence-electron chi connectivity index (χ1n) is 5.82. The summed E-state index contributed by atoms with van der Waals surface area (Å²) >= 11 is 0. The van der Waals surface area contributed by atoms with Crippen LogP contribution in [0.3, 0.4) is 0 Å². The van der Waals surface area contributed by atoms with Crippen molar-refractivity contribution in [2.45, 2.75) is 58.8 Å². The van der Waals surface area contributed by atoms with E-state index in [9.17, 15) is 8.78 Å². The standard InChI is InChI=1S/C13H22F2N2/c1-12(2,3)8-9(11(14)15)16-17(7)10(8)13(4,5)6/h11H,1-7H3. The van der Waals surface area contributed by atoms with E-state index in [-0.39, 0.29) is 16.5 Å². The molecule has 0 aliphatic heterocycles. The van der Waals surface area contributed by atoms with Crippen molar-refractivity contribution in [3.05, 3.63) is 17.0 Å². The van der Waals surface area contributed by atoms with Gasteiger partial charge in [0.25, 0.3) is 6.43 Å².